The molecule has 2 aromatic carbocycles. The van der Waals surface area contributed by atoms with Crippen LogP contribution in [-0.4, -0.2) is 14.8 Å². The van der Waals surface area contributed by atoms with E-state index in [1.165, 1.54) is 0 Å². The third kappa shape index (κ3) is 2.51. The smallest absolute Gasteiger partial charge is 0.264 e. The number of benzene rings is 2. The van der Waals surface area contributed by atoms with Crippen molar-refractivity contribution in [1.29, 1.82) is 0 Å². The number of para-hydroxylation sites is 1. The van der Waals surface area contributed by atoms with Crippen molar-refractivity contribution in [3.63, 3.8) is 0 Å². The molecular weight excluding hydrogens is 310 g/mol. The molecule has 0 atom stereocenters. The molecule has 0 N–H and O–H groups in total. The van der Waals surface area contributed by atoms with Crippen LogP contribution in [0, 0.1) is 6.92 Å². The fourth-order valence-corrected chi connectivity index (χ4v) is 2.95. The van der Waals surface area contributed by atoms with Crippen molar-refractivity contribution in [2.45, 2.75) is 13.5 Å². The summed E-state index contributed by atoms with van der Waals surface area (Å²) in [6.45, 7) is 2.43. The highest BCUT2D eigenvalue weighted by atomic mass is 35.5. The number of fused-ring (bicyclic) bond motifs is 1. The van der Waals surface area contributed by atoms with Gasteiger partial charge in [-0.25, -0.2) is 0 Å². The molecule has 0 aliphatic carbocycles. The standard InChI is InChI=1S/C18H14ClN3O/c1-12-20-21-18(23-12)17-10-13-6-3-5-9-16(13)22(17)11-14-7-2-4-8-15(14)19/h2-10H,11H2,1H3. The second-order valence-electron chi connectivity index (χ2n) is 5.39. The first-order valence-corrected chi connectivity index (χ1v) is 7.72. The molecule has 4 nitrogen and oxygen atoms in total. The van der Waals surface area contributed by atoms with Crippen LogP contribution in [0.15, 0.2) is 59.0 Å². The highest BCUT2D eigenvalue weighted by molar-refractivity contribution is 6.31. The number of halogens is 1. The van der Waals surface area contributed by atoms with E-state index < -0.39 is 0 Å². The summed E-state index contributed by atoms with van der Waals surface area (Å²) in [4.78, 5) is 0. The van der Waals surface area contributed by atoms with Gasteiger partial charge >= 0.3 is 0 Å². The predicted octanol–water partition coefficient (Wildman–Crippen LogP) is 4.70. The normalized spacial score (nSPS) is 11.2. The molecule has 4 rings (SSSR count). The van der Waals surface area contributed by atoms with Crippen LogP contribution >= 0.6 is 11.6 Å². The average Bonchev–Trinajstić information content (AvgIpc) is 3.14. The molecule has 5 heteroatoms. The molecule has 0 radical (unpaired) electrons. The lowest BCUT2D eigenvalue weighted by molar-refractivity contribution is 0.528. The minimum Gasteiger partial charge on any atom is -0.420 e. The Kier molecular flexibility index (Phi) is 3.39. The summed E-state index contributed by atoms with van der Waals surface area (Å²) in [5.74, 6) is 1.07. The van der Waals surface area contributed by atoms with E-state index in [0.29, 0.717) is 18.3 Å². The molecule has 23 heavy (non-hydrogen) atoms. The fourth-order valence-electron chi connectivity index (χ4n) is 2.75. The number of aryl methyl sites for hydroxylation is 1. The van der Waals surface area contributed by atoms with Crippen LogP contribution in [0.1, 0.15) is 11.5 Å². The number of nitrogens with zero attached hydrogens (tertiary/aromatic N) is 3. The van der Waals surface area contributed by atoms with Gasteiger partial charge in [0.25, 0.3) is 5.89 Å². The van der Waals surface area contributed by atoms with Crippen molar-refractivity contribution < 1.29 is 4.42 Å². The zero-order valence-corrected chi connectivity index (χ0v) is 13.3. The first kappa shape index (κ1) is 14.0. The van der Waals surface area contributed by atoms with Crippen LogP contribution in [0.3, 0.4) is 0 Å². The number of hydrogen-bond acceptors (Lipinski definition) is 3. The maximum Gasteiger partial charge on any atom is 0.264 e. The number of rotatable bonds is 3. The first-order valence-electron chi connectivity index (χ1n) is 7.34. The zero-order chi connectivity index (χ0) is 15.8. The number of aromatic nitrogens is 3. The van der Waals surface area contributed by atoms with Crippen molar-refractivity contribution in [1.82, 2.24) is 14.8 Å². The lowest BCUT2D eigenvalue weighted by Crippen LogP contribution is -2.02. The summed E-state index contributed by atoms with van der Waals surface area (Å²) in [7, 11) is 0. The Hall–Kier alpha value is -2.59. The molecular formula is C18H14ClN3O. The van der Waals surface area contributed by atoms with E-state index in [1.807, 2.05) is 36.4 Å². The van der Waals surface area contributed by atoms with Gasteiger partial charge in [0.1, 0.15) is 5.69 Å². The van der Waals surface area contributed by atoms with Crippen molar-refractivity contribution in [2.75, 3.05) is 0 Å². The lowest BCUT2D eigenvalue weighted by atomic mass is 10.2. The van der Waals surface area contributed by atoms with E-state index in [2.05, 4.69) is 33.0 Å². The fraction of sp³-hybridized carbons (Fsp3) is 0.111. The zero-order valence-electron chi connectivity index (χ0n) is 12.5. The van der Waals surface area contributed by atoms with Gasteiger partial charge in [-0.05, 0) is 23.8 Å². The van der Waals surface area contributed by atoms with E-state index in [-0.39, 0.29) is 0 Å². The molecule has 0 aliphatic rings. The maximum atomic E-state index is 6.33. The molecule has 0 fully saturated rings. The molecule has 114 valence electrons. The SMILES string of the molecule is Cc1nnc(-c2cc3ccccc3n2Cc2ccccc2Cl)o1. The van der Waals surface area contributed by atoms with Crippen LogP contribution in [0.4, 0.5) is 0 Å². The Balaban J connectivity index is 1.91. The Bertz CT molecular complexity index is 987. The topological polar surface area (TPSA) is 43.9 Å². The molecule has 0 bridgehead atoms. The Morgan fingerprint density at radius 2 is 1.83 bits per heavy atom. The van der Waals surface area contributed by atoms with Gasteiger partial charge in [0, 0.05) is 29.4 Å². The minimum atomic E-state index is 0.519. The van der Waals surface area contributed by atoms with Gasteiger partial charge in [-0.3, -0.25) is 0 Å². The van der Waals surface area contributed by atoms with Crippen molar-refractivity contribution in [2.24, 2.45) is 0 Å². The van der Waals surface area contributed by atoms with Crippen LogP contribution < -0.4 is 0 Å². The van der Waals surface area contributed by atoms with E-state index in [4.69, 9.17) is 16.0 Å². The third-order valence-corrected chi connectivity index (χ3v) is 4.21. The van der Waals surface area contributed by atoms with E-state index in [1.54, 1.807) is 6.92 Å². The second-order valence-corrected chi connectivity index (χ2v) is 5.80. The van der Waals surface area contributed by atoms with E-state index in [9.17, 15) is 0 Å². The minimum absolute atomic E-state index is 0.519. The summed E-state index contributed by atoms with van der Waals surface area (Å²) in [5.41, 5.74) is 3.05. The summed E-state index contributed by atoms with van der Waals surface area (Å²) in [6, 6.07) is 18.1. The van der Waals surface area contributed by atoms with Gasteiger partial charge in [0.2, 0.25) is 5.89 Å². The summed E-state index contributed by atoms with van der Waals surface area (Å²) in [6.07, 6.45) is 0. The average molecular weight is 324 g/mol. The highest BCUT2D eigenvalue weighted by Gasteiger charge is 2.16. The maximum absolute atomic E-state index is 6.33. The van der Waals surface area contributed by atoms with Gasteiger partial charge in [0.15, 0.2) is 0 Å². The summed E-state index contributed by atoms with van der Waals surface area (Å²) in [5, 5.41) is 9.99. The second kappa shape index (κ2) is 5.56. The Morgan fingerprint density at radius 1 is 1.04 bits per heavy atom. The van der Waals surface area contributed by atoms with Gasteiger partial charge < -0.3 is 8.98 Å². The molecule has 0 unspecified atom stereocenters. The monoisotopic (exact) mass is 323 g/mol. The Morgan fingerprint density at radius 3 is 2.61 bits per heavy atom. The molecule has 0 saturated heterocycles. The van der Waals surface area contributed by atoms with Crippen molar-refractivity contribution >= 4 is 22.5 Å². The lowest BCUT2D eigenvalue weighted by Gasteiger charge is -2.10. The first-order chi connectivity index (χ1) is 11.2. The molecule has 0 aliphatic heterocycles. The highest BCUT2D eigenvalue weighted by Crippen LogP contribution is 2.29. The van der Waals surface area contributed by atoms with Gasteiger partial charge in [-0.2, -0.15) is 0 Å². The largest absolute Gasteiger partial charge is 0.420 e. The molecule has 2 heterocycles. The number of hydrogen-bond donors (Lipinski definition) is 0. The summed E-state index contributed by atoms with van der Waals surface area (Å²) >= 11 is 6.33. The van der Waals surface area contributed by atoms with Crippen molar-refractivity contribution in [3.8, 4) is 11.6 Å². The van der Waals surface area contributed by atoms with Crippen LogP contribution in [0.5, 0.6) is 0 Å². The van der Waals surface area contributed by atoms with Crippen LogP contribution in [0.2, 0.25) is 5.02 Å². The molecule has 2 aromatic heterocycles. The molecule has 0 saturated carbocycles. The summed E-state index contributed by atoms with van der Waals surface area (Å²) < 4.78 is 7.79. The van der Waals surface area contributed by atoms with Gasteiger partial charge in [0.05, 0.1) is 0 Å². The Labute approximate surface area is 138 Å². The third-order valence-electron chi connectivity index (χ3n) is 3.84. The molecule has 4 aromatic rings. The van der Waals surface area contributed by atoms with E-state index in [0.717, 1.165) is 27.2 Å². The van der Waals surface area contributed by atoms with Crippen LogP contribution in [0.25, 0.3) is 22.5 Å². The predicted molar refractivity (Wildman–Crippen MR) is 90.5 cm³/mol. The van der Waals surface area contributed by atoms with E-state index >= 15 is 0 Å². The van der Waals surface area contributed by atoms with Gasteiger partial charge in [-0.1, -0.05) is 48.0 Å². The van der Waals surface area contributed by atoms with Crippen LogP contribution in [-0.2, 0) is 6.54 Å². The van der Waals surface area contributed by atoms with Crippen molar-refractivity contribution in [3.05, 3.63) is 71.1 Å². The van der Waals surface area contributed by atoms with Gasteiger partial charge in [-0.15, -0.1) is 10.2 Å². The quantitative estimate of drug-likeness (QED) is 0.549. The molecule has 0 amide bonds. The molecule has 0 spiro atoms.